The molecule has 8 nitrogen and oxygen atoms in total. The molecule has 1 aliphatic heterocycles. The summed E-state index contributed by atoms with van der Waals surface area (Å²) in [7, 11) is 1.54. The summed E-state index contributed by atoms with van der Waals surface area (Å²) < 4.78 is 19.2. The van der Waals surface area contributed by atoms with Gasteiger partial charge >= 0.3 is 0 Å². The van der Waals surface area contributed by atoms with Crippen LogP contribution in [0.15, 0.2) is 36.4 Å². The summed E-state index contributed by atoms with van der Waals surface area (Å²) in [6.45, 7) is 3.91. The van der Waals surface area contributed by atoms with Gasteiger partial charge in [-0.25, -0.2) is 4.39 Å². The fourth-order valence-electron chi connectivity index (χ4n) is 3.71. The molecule has 1 aliphatic rings. The highest BCUT2D eigenvalue weighted by molar-refractivity contribution is 5.96. The minimum absolute atomic E-state index is 0.171. The van der Waals surface area contributed by atoms with Gasteiger partial charge in [-0.2, -0.15) is 0 Å². The van der Waals surface area contributed by atoms with Gasteiger partial charge in [-0.3, -0.25) is 14.9 Å². The molecule has 0 saturated carbocycles. The summed E-state index contributed by atoms with van der Waals surface area (Å²) in [6, 6.07) is 9.15. The molecule has 1 saturated heterocycles. The number of methoxy groups -OCH3 is 1. The Labute approximate surface area is 180 Å². The van der Waals surface area contributed by atoms with E-state index < -0.39 is 4.92 Å². The van der Waals surface area contributed by atoms with Gasteiger partial charge < -0.3 is 20.3 Å². The molecule has 0 bridgehead atoms. The van der Waals surface area contributed by atoms with Crippen LogP contribution in [0.2, 0.25) is 0 Å². The largest absolute Gasteiger partial charge is 0.383 e. The SMILES string of the molecule is COCCNc1ccc(C(=O)NC2CCCN(c3cc(C)ccc3F)C2)cc1[N+](=O)[O-]. The Morgan fingerprint density at radius 2 is 2.13 bits per heavy atom. The number of ether oxygens (including phenoxy) is 1. The van der Waals surface area contributed by atoms with Crippen molar-refractivity contribution in [2.24, 2.45) is 0 Å². The Kier molecular flexibility index (Phi) is 7.41. The number of rotatable bonds is 8. The molecule has 1 amide bonds. The normalized spacial score (nSPS) is 16.1. The molecule has 1 atom stereocenters. The zero-order chi connectivity index (χ0) is 22.4. The quantitative estimate of drug-likeness (QED) is 0.378. The molecular weight excluding hydrogens is 403 g/mol. The van der Waals surface area contributed by atoms with Gasteiger partial charge in [0, 0.05) is 44.4 Å². The van der Waals surface area contributed by atoms with Crippen LogP contribution in [0.4, 0.5) is 21.5 Å². The first-order chi connectivity index (χ1) is 14.9. The van der Waals surface area contributed by atoms with Gasteiger partial charge in [-0.15, -0.1) is 0 Å². The molecule has 0 aromatic heterocycles. The maximum atomic E-state index is 14.3. The number of aryl methyl sites for hydroxylation is 1. The minimum atomic E-state index is -0.519. The van der Waals surface area contributed by atoms with E-state index in [9.17, 15) is 19.3 Å². The van der Waals surface area contributed by atoms with Crippen molar-refractivity contribution in [3.8, 4) is 0 Å². The minimum Gasteiger partial charge on any atom is -0.383 e. The smallest absolute Gasteiger partial charge is 0.293 e. The highest BCUT2D eigenvalue weighted by Crippen LogP contribution is 2.27. The monoisotopic (exact) mass is 430 g/mol. The lowest BCUT2D eigenvalue weighted by Gasteiger charge is -2.35. The van der Waals surface area contributed by atoms with E-state index in [0.717, 1.165) is 18.4 Å². The van der Waals surface area contributed by atoms with E-state index in [0.29, 0.717) is 37.6 Å². The van der Waals surface area contributed by atoms with Crippen molar-refractivity contribution in [2.45, 2.75) is 25.8 Å². The summed E-state index contributed by atoms with van der Waals surface area (Å²) in [4.78, 5) is 25.6. The molecule has 1 fully saturated rings. The van der Waals surface area contributed by atoms with Gasteiger partial charge in [0.1, 0.15) is 11.5 Å². The van der Waals surface area contributed by atoms with Gasteiger partial charge in [0.05, 0.1) is 17.2 Å². The van der Waals surface area contributed by atoms with Crippen molar-refractivity contribution in [3.63, 3.8) is 0 Å². The molecule has 166 valence electrons. The molecule has 9 heteroatoms. The van der Waals surface area contributed by atoms with E-state index in [1.54, 1.807) is 25.3 Å². The lowest BCUT2D eigenvalue weighted by Crippen LogP contribution is -2.48. The first-order valence-corrected chi connectivity index (χ1v) is 10.2. The number of nitro groups is 1. The van der Waals surface area contributed by atoms with Crippen molar-refractivity contribution in [1.29, 1.82) is 0 Å². The maximum absolute atomic E-state index is 14.3. The third-order valence-electron chi connectivity index (χ3n) is 5.28. The second-order valence-electron chi connectivity index (χ2n) is 7.62. The van der Waals surface area contributed by atoms with Crippen molar-refractivity contribution in [3.05, 3.63) is 63.5 Å². The van der Waals surface area contributed by atoms with Crippen molar-refractivity contribution < 1.29 is 18.8 Å². The van der Waals surface area contributed by atoms with Crippen LogP contribution in [0.3, 0.4) is 0 Å². The van der Waals surface area contributed by atoms with Gasteiger partial charge in [-0.1, -0.05) is 6.07 Å². The number of amides is 1. The Morgan fingerprint density at radius 1 is 1.32 bits per heavy atom. The molecule has 0 spiro atoms. The molecule has 1 heterocycles. The highest BCUT2D eigenvalue weighted by atomic mass is 19.1. The van der Waals surface area contributed by atoms with Gasteiger partial charge in [0.15, 0.2) is 0 Å². The van der Waals surface area contributed by atoms with Crippen LogP contribution >= 0.6 is 0 Å². The topological polar surface area (TPSA) is 96.7 Å². The van der Waals surface area contributed by atoms with E-state index >= 15 is 0 Å². The number of carbonyl (C=O) groups excluding carboxylic acids is 1. The Hall–Kier alpha value is -3.20. The van der Waals surface area contributed by atoms with Crippen LogP contribution in [0, 0.1) is 22.9 Å². The third kappa shape index (κ3) is 5.69. The van der Waals surface area contributed by atoms with Crippen LogP contribution in [-0.4, -0.2) is 50.2 Å². The number of piperidine rings is 1. The third-order valence-corrected chi connectivity index (χ3v) is 5.28. The predicted molar refractivity (Wildman–Crippen MR) is 117 cm³/mol. The summed E-state index contributed by atoms with van der Waals surface area (Å²) in [5.74, 6) is -0.673. The Bertz CT molecular complexity index is 953. The fraction of sp³-hybridized carbons (Fsp3) is 0.409. The van der Waals surface area contributed by atoms with Crippen molar-refractivity contribution in [1.82, 2.24) is 5.32 Å². The number of nitrogens with zero attached hydrogens (tertiary/aromatic N) is 2. The zero-order valence-electron chi connectivity index (χ0n) is 17.7. The molecule has 2 aromatic rings. The molecule has 31 heavy (non-hydrogen) atoms. The second kappa shape index (κ2) is 10.2. The van der Waals surface area contributed by atoms with Crippen LogP contribution in [-0.2, 0) is 4.74 Å². The average Bonchev–Trinajstić information content (AvgIpc) is 2.75. The van der Waals surface area contributed by atoms with Gasteiger partial charge in [0.2, 0.25) is 0 Å². The maximum Gasteiger partial charge on any atom is 0.293 e. The van der Waals surface area contributed by atoms with E-state index in [1.165, 1.54) is 18.2 Å². The van der Waals surface area contributed by atoms with Crippen LogP contribution in [0.5, 0.6) is 0 Å². The number of anilines is 2. The molecule has 2 N–H and O–H groups in total. The first-order valence-electron chi connectivity index (χ1n) is 10.2. The van der Waals surface area contributed by atoms with Gasteiger partial charge in [0.25, 0.3) is 11.6 Å². The predicted octanol–water partition coefficient (Wildman–Crippen LogP) is 3.50. The van der Waals surface area contributed by atoms with E-state index in [-0.39, 0.29) is 29.0 Å². The molecule has 0 aliphatic carbocycles. The van der Waals surface area contributed by atoms with E-state index in [4.69, 9.17) is 4.74 Å². The van der Waals surface area contributed by atoms with Crippen molar-refractivity contribution >= 4 is 23.0 Å². The summed E-state index contributed by atoms with van der Waals surface area (Å²) in [5.41, 5.74) is 1.87. The number of carbonyl (C=O) groups is 1. The summed E-state index contributed by atoms with van der Waals surface area (Å²) in [5, 5.41) is 17.3. The average molecular weight is 430 g/mol. The standard InChI is InChI=1S/C22H27FN4O4/c1-15-5-7-18(23)20(12-15)26-10-3-4-17(14-26)25-22(28)16-6-8-19(24-9-11-31-2)21(13-16)27(29)30/h5-8,12-13,17,24H,3-4,9-11,14H2,1-2H3,(H,25,28). The molecule has 3 rings (SSSR count). The number of nitro benzene ring substituents is 1. The zero-order valence-corrected chi connectivity index (χ0v) is 17.7. The first kappa shape index (κ1) is 22.5. The number of hydrogen-bond acceptors (Lipinski definition) is 6. The summed E-state index contributed by atoms with van der Waals surface area (Å²) >= 11 is 0. The number of halogens is 1. The number of benzene rings is 2. The second-order valence-corrected chi connectivity index (χ2v) is 7.62. The lowest BCUT2D eigenvalue weighted by molar-refractivity contribution is -0.384. The van der Waals surface area contributed by atoms with Crippen LogP contribution in [0.1, 0.15) is 28.8 Å². The highest BCUT2D eigenvalue weighted by Gasteiger charge is 2.25. The Balaban J connectivity index is 1.69. The fourth-order valence-corrected chi connectivity index (χ4v) is 3.71. The summed E-state index contributed by atoms with van der Waals surface area (Å²) in [6.07, 6.45) is 1.56. The number of nitrogens with one attached hydrogen (secondary N) is 2. The lowest BCUT2D eigenvalue weighted by atomic mass is 10.0. The van der Waals surface area contributed by atoms with E-state index in [2.05, 4.69) is 10.6 Å². The van der Waals surface area contributed by atoms with E-state index in [1.807, 2.05) is 11.8 Å². The van der Waals surface area contributed by atoms with Crippen LogP contribution < -0.4 is 15.5 Å². The van der Waals surface area contributed by atoms with Crippen molar-refractivity contribution in [2.75, 3.05) is 43.6 Å². The molecule has 1 unspecified atom stereocenters. The molecular formula is C22H27FN4O4. The Morgan fingerprint density at radius 3 is 2.87 bits per heavy atom. The number of hydrogen-bond donors (Lipinski definition) is 2. The molecule has 2 aromatic carbocycles. The molecule has 0 radical (unpaired) electrons. The van der Waals surface area contributed by atoms with Crippen LogP contribution in [0.25, 0.3) is 0 Å². The van der Waals surface area contributed by atoms with Gasteiger partial charge in [-0.05, 0) is 49.6 Å².